The lowest BCUT2D eigenvalue weighted by Gasteiger charge is -2.21. The molecule has 0 saturated heterocycles. The van der Waals surface area contributed by atoms with E-state index in [0.717, 1.165) is 0 Å². The van der Waals surface area contributed by atoms with Gasteiger partial charge in [0.2, 0.25) is 0 Å². The highest BCUT2D eigenvalue weighted by Crippen LogP contribution is 2.26. The van der Waals surface area contributed by atoms with Crippen LogP contribution in [0.5, 0.6) is 11.5 Å². The van der Waals surface area contributed by atoms with Gasteiger partial charge in [0.1, 0.15) is 11.4 Å². The van der Waals surface area contributed by atoms with E-state index in [4.69, 9.17) is 4.74 Å². The molecule has 0 fully saturated rings. The van der Waals surface area contributed by atoms with Crippen molar-refractivity contribution in [2.24, 2.45) is 0 Å². The molecular formula is C17H19FN2O3. The Morgan fingerprint density at radius 2 is 2.13 bits per heavy atom. The second-order valence-corrected chi connectivity index (χ2v) is 5.73. The minimum atomic E-state index is -1.49. The molecule has 6 heteroatoms. The van der Waals surface area contributed by atoms with Crippen molar-refractivity contribution in [2.45, 2.75) is 32.4 Å². The van der Waals surface area contributed by atoms with E-state index in [2.05, 4.69) is 10.3 Å². The minimum Gasteiger partial charge on any atom is -0.453 e. The number of ether oxygens (including phenoxy) is 1. The number of benzene rings is 1. The zero-order chi connectivity index (χ0) is 17.0. The van der Waals surface area contributed by atoms with Crippen LogP contribution in [0.2, 0.25) is 0 Å². The van der Waals surface area contributed by atoms with Gasteiger partial charge in [-0.05, 0) is 50.6 Å². The number of pyridine rings is 1. The fraction of sp³-hybridized carbons (Fsp3) is 0.294. The first-order chi connectivity index (χ1) is 10.8. The predicted octanol–water partition coefficient (Wildman–Crippen LogP) is 2.96. The molecule has 2 N–H and O–H groups in total. The van der Waals surface area contributed by atoms with Crippen LogP contribution in [0.1, 0.15) is 32.4 Å². The Hall–Kier alpha value is -2.47. The maximum Gasteiger partial charge on any atom is 0.251 e. The molecule has 0 aliphatic carbocycles. The predicted molar refractivity (Wildman–Crippen MR) is 83.6 cm³/mol. The Morgan fingerprint density at radius 1 is 1.39 bits per heavy atom. The Bertz CT molecular complexity index is 684. The summed E-state index contributed by atoms with van der Waals surface area (Å²) >= 11 is 0. The molecule has 0 spiro atoms. The first kappa shape index (κ1) is 16.9. The van der Waals surface area contributed by atoms with E-state index in [9.17, 15) is 14.3 Å². The van der Waals surface area contributed by atoms with Crippen molar-refractivity contribution in [3.63, 3.8) is 0 Å². The van der Waals surface area contributed by atoms with Gasteiger partial charge in [-0.15, -0.1) is 0 Å². The molecule has 0 aliphatic heterocycles. The second kappa shape index (κ2) is 6.75. The molecule has 1 atom stereocenters. The van der Waals surface area contributed by atoms with E-state index in [1.54, 1.807) is 31.3 Å². The van der Waals surface area contributed by atoms with Gasteiger partial charge in [0.25, 0.3) is 5.91 Å². The van der Waals surface area contributed by atoms with Gasteiger partial charge in [0, 0.05) is 6.20 Å². The number of carbonyl (C=O) groups is 1. The van der Waals surface area contributed by atoms with Gasteiger partial charge in [0.15, 0.2) is 11.6 Å². The molecule has 0 saturated carbocycles. The molecule has 122 valence electrons. The quantitative estimate of drug-likeness (QED) is 0.889. The third kappa shape index (κ3) is 4.50. The maximum atomic E-state index is 14.2. The van der Waals surface area contributed by atoms with Crippen molar-refractivity contribution in [3.05, 3.63) is 54.1 Å². The van der Waals surface area contributed by atoms with E-state index in [-0.39, 0.29) is 5.75 Å². The fourth-order valence-corrected chi connectivity index (χ4v) is 1.86. The normalized spacial score (nSPS) is 12.6. The number of nitrogens with one attached hydrogen (secondary N) is 1. The zero-order valence-corrected chi connectivity index (χ0v) is 13.2. The summed E-state index contributed by atoms with van der Waals surface area (Å²) in [5, 5.41) is 12.3. The lowest BCUT2D eigenvalue weighted by Crippen LogP contribution is -2.42. The van der Waals surface area contributed by atoms with Crippen molar-refractivity contribution < 1.29 is 19.0 Å². The van der Waals surface area contributed by atoms with Crippen molar-refractivity contribution in [1.82, 2.24) is 10.3 Å². The van der Waals surface area contributed by atoms with Crippen molar-refractivity contribution >= 4 is 5.91 Å². The summed E-state index contributed by atoms with van der Waals surface area (Å²) in [7, 11) is 0. The molecule has 0 unspecified atom stereocenters. The van der Waals surface area contributed by atoms with E-state index >= 15 is 0 Å². The molecule has 1 aromatic carbocycles. The third-order valence-electron chi connectivity index (χ3n) is 3.22. The van der Waals surface area contributed by atoms with Crippen LogP contribution in [-0.4, -0.2) is 21.6 Å². The maximum absolute atomic E-state index is 14.2. The summed E-state index contributed by atoms with van der Waals surface area (Å²) in [4.78, 5) is 15.6. The van der Waals surface area contributed by atoms with Gasteiger partial charge < -0.3 is 15.2 Å². The van der Waals surface area contributed by atoms with Gasteiger partial charge in [-0.25, -0.2) is 4.39 Å². The minimum absolute atomic E-state index is 0.0720. The molecular weight excluding hydrogens is 299 g/mol. The zero-order valence-electron chi connectivity index (χ0n) is 13.2. The number of amides is 1. The molecule has 1 aromatic heterocycles. The van der Waals surface area contributed by atoms with Gasteiger partial charge in [0.05, 0.1) is 12.2 Å². The molecule has 1 heterocycles. The molecule has 2 rings (SSSR count). The van der Waals surface area contributed by atoms with Crippen molar-refractivity contribution in [2.75, 3.05) is 0 Å². The smallest absolute Gasteiger partial charge is 0.251 e. The summed E-state index contributed by atoms with van der Waals surface area (Å²) in [6.45, 7) is 4.49. The van der Waals surface area contributed by atoms with Crippen LogP contribution in [0.4, 0.5) is 4.39 Å². The lowest BCUT2D eigenvalue weighted by molar-refractivity contribution is -0.137. The van der Waals surface area contributed by atoms with Gasteiger partial charge in [-0.2, -0.15) is 0 Å². The standard InChI is InChI=1S/C17H19FN2O3/c1-11(20-16(21)17(2,3)22)12-6-7-15(14(18)9-12)23-13-5-4-8-19-10-13/h4-11,22H,1-3H3,(H,20,21)/t11-/m0/s1. The SMILES string of the molecule is C[C@H](NC(=O)C(C)(C)O)c1ccc(Oc2cccnc2)c(F)c1. The highest BCUT2D eigenvalue weighted by molar-refractivity contribution is 5.84. The monoisotopic (exact) mass is 318 g/mol. The van der Waals surface area contributed by atoms with Crippen LogP contribution in [0.25, 0.3) is 0 Å². The summed E-state index contributed by atoms with van der Waals surface area (Å²) < 4.78 is 19.6. The number of halogens is 1. The second-order valence-electron chi connectivity index (χ2n) is 5.73. The van der Waals surface area contributed by atoms with Gasteiger partial charge in [-0.3, -0.25) is 9.78 Å². The van der Waals surface area contributed by atoms with Crippen LogP contribution in [-0.2, 0) is 4.79 Å². The third-order valence-corrected chi connectivity index (χ3v) is 3.22. The van der Waals surface area contributed by atoms with Crippen LogP contribution in [0, 0.1) is 5.82 Å². The first-order valence-corrected chi connectivity index (χ1v) is 7.18. The average molecular weight is 318 g/mol. The highest BCUT2D eigenvalue weighted by Gasteiger charge is 2.25. The summed E-state index contributed by atoms with van der Waals surface area (Å²) in [5.41, 5.74) is -0.922. The van der Waals surface area contributed by atoms with E-state index < -0.39 is 23.4 Å². The average Bonchev–Trinajstić information content (AvgIpc) is 2.49. The summed E-state index contributed by atoms with van der Waals surface area (Å²) in [6, 6.07) is 7.36. The van der Waals surface area contributed by atoms with E-state index in [1.165, 1.54) is 32.2 Å². The van der Waals surface area contributed by atoms with Crippen LogP contribution in [0.15, 0.2) is 42.7 Å². The largest absolute Gasteiger partial charge is 0.453 e. The molecule has 5 nitrogen and oxygen atoms in total. The summed E-state index contributed by atoms with van der Waals surface area (Å²) in [5.74, 6) is -0.567. The number of hydrogen-bond acceptors (Lipinski definition) is 4. The van der Waals surface area contributed by atoms with Crippen molar-refractivity contribution in [3.8, 4) is 11.5 Å². The number of rotatable bonds is 5. The van der Waals surface area contributed by atoms with Crippen LogP contribution in [0.3, 0.4) is 0 Å². The molecule has 0 radical (unpaired) electrons. The molecule has 23 heavy (non-hydrogen) atoms. The Labute approximate surface area is 134 Å². The number of aromatic nitrogens is 1. The summed E-state index contributed by atoms with van der Waals surface area (Å²) in [6.07, 6.45) is 3.08. The van der Waals surface area contributed by atoms with E-state index in [0.29, 0.717) is 11.3 Å². The van der Waals surface area contributed by atoms with Gasteiger partial charge in [-0.1, -0.05) is 6.07 Å². The fourth-order valence-electron chi connectivity index (χ4n) is 1.86. The lowest BCUT2D eigenvalue weighted by atomic mass is 10.1. The van der Waals surface area contributed by atoms with Crippen LogP contribution >= 0.6 is 0 Å². The molecule has 0 bridgehead atoms. The number of nitrogens with zero attached hydrogens (tertiary/aromatic N) is 1. The number of aliphatic hydroxyl groups is 1. The van der Waals surface area contributed by atoms with Crippen LogP contribution < -0.4 is 10.1 Å². The van der Waals surface area contributed by atoms with Gasteiger partial charge >= 0.3 is 0 Å². The number of carbonyl (C=O) groups excluding carboxylic acids is 1. The van der Waals surface area contributed by atoms with E-state index in [1.807, 2.05) is 0 Å². The highest BCUT2D eigenvalue weighted by atomic mass is 19.1. The first-order valence-electron chi connectivity index (χ1n) is 7.18. The molecule has 0 aliphatic rings. The molecule has 1 amide bonds. The molecule has 2 aromatic rings. The Balaban J connectivity index is 2.11. The number of hydrogen-bond donors (Lipinski definition) is 2. The Morgan fingerprint density at radius 3 is 2.70 bits per heavy atom. The Kier molecular flexibility index (Phi) is 4.95. The topological polar surface area (TPSA) is 71.5 Å². The van der Waals surface area contributed by atoms with Crippen molar-refractivity contribution in [1.29, 1.82) is 0 Å².